The van der Waals surface area contributed by atoms with Crippen LogP contribution in [0.1, 0.15) is 181 Å². The van der Waals surface area contributed by atoms with Gasteiger partial charge in [0.25, 0.3) is 0 Å². The van der Waals surface area contributed by atoms with E-state index in [2.05, 4.69) is 86.0 Å². The van der Waals surface area contributed by atoms with Gasteiger partial charge in [0, 0.05) is 12.8 Å². The van der Waals surface area contributed by atoms with Crippen molar-refractivity contribution in [3.8, 4) is 0 Å². The van der Waals surface area contributed by atoms with E-state index in [0.29, 0.717) is 12.8 Å². The molecule has 0 saturated carbocycles. The highest BCUT2D eigenvalue weighted by molar-refractivity contribution is 7.47. The zero-order valence-corrected chi connectivity index (χ0v) is 39.3. The summed E-state index contributed by atoms with van der Waals surface area (Å²) in [5.41, 5.74) is 0. The highest BCUT2D eigenvalue weighted by atomic mass is 31.2. The molecule has 0 aromatic heterocycles. The Morgan fingerprint density at radius 3 is 1.44 bits per heavy atom. The summed E-state index contributed by atoms with van der Waals surface area (Å²) in [5, 5.41) is 21.9. The van der Waals surface area contributed by atoms with Gasteiger partial charge in [-0.1, -0.05) is 176 Å². The summed E-state index contributed by atoms with van der Waals surface area (Å²) >= 11 is 0. The number of carboxylic acids is 1. The van der Waals surface area contributed by atoms with Gasteiger partial charge in [0.15, 0.2) is 6.04 Å². The number of carbonyl (C=O) groups is 3. The second kappa shape index (κ2) is 44.3. The van der Waals surface area contributed by atoms with Crippen molar-refractivity contribution in [1.29, 1.82) is 0 Å². The number of phosphoric acid groups is 1. The molecule has 4 N–H and O–H groups in total. The Hall–Kier alpha value is -3.34. The number of aliphatic hydroxyl groups excluding tert-OH is 1. The number of hydrogen-bond donors (Lipinski definition) is 4. The van der Waals surface area contributed by atoms with E-state index in [1.54, 1.807) is 0 Å². The normalized spacial score (nSPS) is 14.4. The molecule has 0 bridgehead atoms. The first-order valence-corrected chi connectivity index (χ1v) is 25.1. The summed E-state index contributed by atoms with van der Waals surface area (Å²) < 4.78 is 26.8. The molecule has 12 heteroatoms. The van der Waals surface area contributed by atoms with Crippen LogP contribution < -0.4 is 5.32 Å². The summed E-state index contributed by atoms with van der Waals surface area (Å²) in [6.45, 7) is 2.40. The summed E-state index contributed by atoms with van der Waals surface area (Å²) in [4.78, 5) is 46.0. The number of carboxylic acid groups (broad SMARTS) is 1. The predicted octanol–water partition coefficient (Wildman–Crippen LogP) is 12.7. The lowest BCUT2D eigenvalue weighted by molar-refractivity contribution is -0.147. The second-order valence-electron chi connectivity index (χ2n) is 15.6. The number of hydrogen-bond acceptors (Lipinski definition) is 8. The summed E-state index contributed by atoms with van der Waals surface area (Å²) in [5.74, 6) is -2.47. The molecule has 1 amide bonds. The van der Waals surface area contributed by atoms with Gasteiger partial charge in [-0.05, 0) is 77.0 Å². The van der Waals surface area contributed by atoms with Crippen LogP contribution in [0.5, 0.6) is 0 Å². The number of aliphatic hydroxyl groups is 1. The van der Waals surface area contributed by atoms with Crippen molar-refractivity contribution in [2.45, 2.75) is 193 Å². The van der Waals surface area contributed by atoms with Crippen molar-refractivity contribution in [3.05, 3.63) is 85.1 Å². The van der Waals surface area contributed by atoms with Crippen LogP contribution >= 0.6 is 7.82 Å². The Balaban J connectivity index is 3.97. The minimum absolute atomic E-state index is 0.0949. The second-order valence-corrected chi connectivity index (χ2v) is 17.0. The van der Waals surface area contributed by atoms with Gasteiger partial charge < -0.3 is 25.2 Å². The molecule has 0 saturated heterocycles. The Labute approximate surface area is 375 Å². The van der Waals surface area contributed by atoms with Crippen LogP contribution in [0.4, 0.5) is 0 Å². The minimum Gasteiger partial charge on any atom is -0.480 e. The van der Waals surface area contributed by atoms with Crippen molar-refractivity contribution in [1.82, 2.24) is 5.32 Å². The van der Waals surface area contributed by atoms with E-state index >= 15 is 0 Å². The molecule has 0 fully saturated rings. The topological polar surface area (TPSA) is 169 Å². The van der Waals surface area contributed by atoms with Crippen LogP contribution in [-0.2, 0) is 32.7 Å². The first-order valence-electron chi connectivity index (χ1n) is 23.6. The number of rotatable bonds is 43. The summed E-state index contributed by atoms with van der Waals surface area (Å²) in [6, 6.07) is -1.56. The molecule has 3 unspecified atom stereocenters. The third-order valence-electron chi connectivity index (χ3n) is 9.68. The van der Waals surface area contributed by atoms with Crippen molar-refractivity contribution < 1.29 is 47.8 Å². The maximum absolute atomic E-state index is 12.3. The number of unbranched alkanes of at least 4 members (excludes halogenated alkanes) is 15. The molecule has 354 valence electrons. The maximum Gasteiger partial charge on any atom is 0.472 e. The zero-order valence-electron chi connectivity index (χ0n) is 38.4. The lowest BCUT2D eigenvalue weighted by Gasteiger charge is -2.18. The average molecular weight is 890 g/mol. The third-order valence-corrected chi connectivity index (χ3v) is 10.6. The van der Waals surface area contributed by atoms with E-state index in [1.165, 1.54) is 70.6 Å². The Morgan fingerprint density at radius 1 is 0.532 bits per heavy atom. The van der Waals surface area contributed by atoms with Gasteiger partial charge in [0.1, 0.15) is 12.7 Å². The predicted molar refractivity (Wildman–Crippen MR) is 254 cm³/mol. The van der Waals surface area contributed by atoms with Crippen molar-refractivity contribution in [3.63, 3.8) is 0 Å². The van der Waals surface area contributed by atoms with E-state index in [0.717, 1.165) is 70.6 Å². The van der Waals surface area contributed by atoms with Crippen LogP contribution in [0.15, 0.2) is 85.1 Å². The van der Waals surface area contributed by atoms with Gasteiger partial charge in [-0.3, -0.25) is 18.6 Å². The number of esters is 1. The molecule has 11 nitrogen and oxygen atoms in total. The average Bonchev–Trinajstić information content (AvgIpc) is 3.25. The molecule has 0 aliphatic carbocycles. The van der Waals surface area contributed by atoms with E-state index in [-0.39, 0.29) is 12.8 Å². The smallest absolute Gasteiger partial charge is 0.472 e. The quantitative estimate of drug-likeness (QED) is 0.0200. The maximum atomic E-state index is 12.3. The fraction of sp³-hybridized carbons (Fsp3) is 0.660. The van der Waals surface area contributed by atoms with Crippen molar-refractivity contribution in [2.24, 2.45) is 0 Å². The summed E-state index contributed by atoms with van der Waals surface area (Å²) in [7, 11) is -4.78. The van der Waals surface area contributed by atoms with E-state index in [4.69, 9.17) is 13.8 Å². The number of amides is 1. The van der Waals surface area contributed by atoms with Crippen LogP contribution in [0.25, 0.3) is 0 Å². The van der Waals surface area contributed by atoms with Gasteiger partial charge in [-0.25, -0.2) is 9.36 Å². The number of nitrogens with one attached hydrogen (secondary N) is 1. The number of ether oxygens (including phenoxy) is 1. The zero-order chi connectivity index (χ0) is 45.6. The van der Waals surface area contributed by atoms with Gasteiger partial charge in [0.05, 0.1) is 13.2 Å². The van der Waals surface area contributed by atoms with Crippen LogP contribution in [0.3, 0.4) is 0 Å². The van der Waals surface area contributed by atoms with E-state index < -0.39 is 57.6 Å². The minimum atomic E-state index is -4.78. The van der Waals surface area contributed by atoms with Crippen LogP contribution in [0, 0.1) is 0 Å². The highest BCUT2D eigenvalue weighted by Gasteiger charge is 2.28. The molecule has 0 heterocycles. The first-order chi connectivity index (χ1) is 30.1. The van der Waals surface area contributed by atoms with E-state index in [1.807, 2.05) is 18.2 Å². The molecular formula is C50H84NO10P. The lowest BCUT2D eigenvalue weighted by Crippen LogP contribution is -2.43. The third kappa shape index (κ3) is 43.3. The number of allylic oxidation sites excluding steroid dienone is 14. The molecule has 62 heavy (non-hydrogen) atoms. The van der Waals surface area contributed by atoms with Gasteiger partial charge in [0.2, 0.25) is 5.91 Å². The van der Waals surface area contributed by atoms with Gasteiger partial charge in [-0.2, -0.15) is 0 Å². The standard InChI is InChI=1S/C50H84NO10P/c1-3-5-7-9-11-13-15-17-19-21-23-25-27-29-31-33-35-37-39-41-48(53)51-47(50(55)56)45-61-62(57,58)60-44-46(52)43-59-49(54)42-40-38-36-34-32-30-28-26-24-22-20-18-16-14-12-10-8-6-4-2/h6,8,12,14,17-20,24,26,30,32,36,38,46-47,52H,3-5,7,9-11,13,15-16,21-23,25,27-29,31,33-35,37,39-45H2,1-2H3,(H,51,53)(H,55,56)(H,57,58)/b8-6-,14-12-,19-17+,20-18-,26-24-,32-30-,38-36-. The fourth-order valence-corrected chi connectivity index (χ4v) is 6.81. The number of carbonyl (C=O) groups excluding carboxylic acids is 2. The van der Waals surface area contributed by atoms with Crippen LogP contribution in [0.2, 0.25) is 0 Å². The molecule has 0 aliphatic heterocycles. The SMILES string of the molecule is CC/C=C\C/C=C\C/C=C\C/C=C\C/C=C\C/C=C\CCC(=O)OCC(O)COP(=O)(O)OCC(NC(=O)CCCCCCCCCCC/C=C/CCCCCCCC)C(=O)O. The van der Waals surface area contributed by atoms with Gasteiger partial charge in [-0.15, -0.1) is 0 Å². The molecular weight excluding hydrogens is 806 g/mol. The Morgan fingerprint density at radius 2 is 0.952 bits per heavy atom. The van der Waals surface area contributed by atoms with Crippen LogP contribution in [-0.4, -0.2) is 64.9 Å². The molecule has 0 rings (SSSR count). The molecule has 0 spiro atoms. The first kappa shape index (κ1) is 58.7. The Kier molecular flexibility index (Phi) is 41.9. The van der Waals surface area contributed by atoms with Gasteiger partial charge >= 0.3 is 19.8 Å². The van der Waals surface area contributed by atoms with E-state index in [9.17, 15) is 34.1 Å². The molecule has 0 radical (unpaired) electrons. The lowest BCUT2D eigenvalue weighted by atomic mass is 10.1. The number of aliphatic carboxylic acids is 1. The summed E-state index contributed by atoms with van der Waals surface area (Å²) in [6.07, 6.45) is 54.7. The molecule has 3 atom stereocenters. The molecule has 0 aliphatic rings. The number of phosphoric ester groups is 1. The largest absolute Gasteiger partial charge is 0.480 e. The fourth-order valence-electron chi connectivity index (χ4n) is 6.04. The molecule has 0 aromatic rings. The van der Waals surface area contributed by atoms with Crippen molar-refractivity contribution >= 4 is 25.7 Å². The van der Waals surface area contributed by atoms with Crippen molar-refractivity contribution in [2.75, 3.05) is 19.8 Å². The Bertz CT molecular complexity index is 1370. The molecule has 0 aromatic carbocycles. The highest BCUT2D eigenvalue weighted by Crippen LogP contribution is 2.43. The monoisotopic (exact) mass is 890 g/mol.